The maximum atomic E-state index is 11.3. The van der Waals surface area contributed by atoms with Crippen LogP contribution in [-0.2, 0) is 14.3 Å². The standard InChI is InChI=1S/C11H20N2O3/c1-9(5-8-16-2)12-6-7-13-10(14)3-4-11(13)15/h9,12H,3-8H2,1-2H3. The van der Waals surface area contributed by atoms with Gasteiger partial charge in [-0.1, -0.05) is 0 Å². The van der Waals surface area contributed by atoms with Crippen molar-refractivity contribution in [2.45, 2.75) is 32.2 Å². The molecule has 1 N–H and O–H groups in total. The summed E-state index contributed by atoms with van der Waals surface area (Å²) in [5.74, 6) is -0.0901. The van der Waals surface area contributed by atoms with Gasteiger partial charge in [-0.05, 0) is 13.3 Å². The predicted octanol–water partition coefficient (Wildman–Crippen LogP) is 0.150. The molecule has 5 heteroatoms. The third-order valence-corrected chi connectivity index (χ3v) is 2.74. The molecule has 0 spiro atoms. The van der Waals surface area contributed by atoms with Crippen molar-refractivity contribution in [1.29, 1.82) is 0 Å². The lowest BCUT2D eigenvalue weighted by Gasteiger charge is -2.17. The molecule has 0 aromatic heterocycles. The molecular formula is C11H20N2O3. The van der Waals surface area contributed by atoms with E-state index in [2.05, 4.69) is 12.2 Å². The van der Waals surface area contributed by atoms with Crippen LogP contribution in [0.4, 0.5) is 0 Å². The van der Waals surface area contributed by atoms with Crippen LogP contribution in [-0.4, -0.2) is 49.6 Å². The molecule has 1 rings (SSSR count). The van der Waals surface area contributed by atoms with Gasteiger partial charge in [0.25, 0.3) is 0 Å². The van der Waals surface area contributed by atoms with Gasteiger partial charge >= 0.3 is 0 Å². The van der Waals surface area contributed by atoms with Crippen LogP contribution in [0.25, 0.3) is 0 Å². The predicted molar refractivity (Wildman–Crippen MR) is 59.9 cm³/mol. The van der Waals surface area contributed by atoms with E-state index in [9.17, 15) is 9.59 Å². The largest absolute Gasteiger partial charge is 0.385 e. The zero-order valence-corrected chi connectivity index (χ0v) is 9.99. The summed E-state index contributed by atoms with van der Waals surface area (Å²) in [5, 5.41) is 3.26. The van der Waals surface area contributed by atoms with Crippen LogP contribution >= 0.6 is 0 Å². The Morgan fingerprint density at radius 3 is 2.56 bits per heavy atom. The molecule has 2 amide bonds. The fourth-order valence-corrected chi connectivity index (χ4v) is 1.69. The lowest BCUT2D eigenvalue weighted by atomic mass is 10.2. The van der Waals surface area contributed by atoms with Gasteiger partial charge in [0.2, 0.25) is 11.8 Å². The van der Waals surface area contributed by atoms with Crippen LogP contribution in [0.5, 0.6) is 0 Å². The Morgan fingerprint density at radius 1 is 1.38 bits per heavy atom. The second-order valence-electron chi connectivity index (χ2n) is 4.08. The summed E-state index contributed by atoms with van der Waals surface area (Å²) >= 11 is 0. The molecule has 1 aliphatic heterocycles. The zero-order valence-electron chi connectivity index (χ0n) is 9.99. The molecule has 0 radical (unpaired) electrons. The number of carbonyl (C=O) groups is 2. The number of carbonyl (C=O) groups excluding carboxylic acids is 2. The number of hydrogen-bond acceptors (Lipinski definition) is 4. The molecule has 1 aliphatic rings. The molecule has 1 fully saturated rings. The van der Waals surface area contributed by atoms with Crippen molar-refractivity contribution in [2.75, 3.05) is 26.8 Å². The number of methoxy groups -OCH3 is 1. The van der Waals surface area contributed by atoms with E-state index in [-0.39, 0.29) is 11.8 Å². The van der Waals surface area contributed by atoms with Gasteiger partial charge in [-0.3, -0.25) is 14.5 Å². The summed E-state index contributed by atoms with van der Waals surface area (Å²) in [6.07, 6.45) is 1.68. The van der Waals surface area contributed by atoms with Crippen molar-refractivity contribution >= 4 is 11.8 Å². The summed E-state index contributed by atoms with van der Waals surface area (Å²) in [7, 11) is 1.67. The van der Waals surface area contributed by atoms with Crippen LogP contribution in [0.15, 0.2) is 0 Å². The van der Waals surface area contributed by atoms with E-state index in [0.29, 0.717) is 32.0 Å². The van der Waals surface area contributed by atoms with E-state index < -0.39 is 0 Å². The Hall–Kier alpha value is -0.940. The number of hydrogen-bond donors (Lipinski definition) is 1. The molecule has 1 unspecified atom stereocenters. The van der Waals surface area contributed by atoms with Gasteiger partial charge in [0, 0.05) is 45.7 Å². The van der Waals surface area contributed by atoms with E-state index in [1.54, 1.807) is 7.11 Å². The lowest BCUT2D eigenvalue weighted by molar-refractivity contribution is -0.138. The first-order valence-electron chi connectivity index (χ1n) is 5.70. The van der Waals surface area contributed by atoms with Crippen molar-refractivity contribution in [2.24, 2.45) is 0 Å². The minimum atomic E-state index is -0.0451. The Labute approximate surface area is 96.1 Å². The molecule has 0 aromatic carbocycles. The molecule has 1 atom stereocenters. The maximum Gasteiger partial charge on any atom is 0.229 e. The van der Waals surface area contributed by atoms with Crippen LogP contribution in [0, 0.1) is 0 Å². The van der Waals surface area contributed by atoms with Gasteiger partial charge in [-0.2, -0.15) is 0 Å². The van der Waals surface area contributed by atoms with E-state index in [1.165, 1.54) is 4.90 Å². The van der Waals surface area contributed by atoms with Crippen molar-refractivity contribution < 1.29 is 14.3 Å². The van der Waals surface area contributed by atoms with Gasteiger partial charge in [0.1, 0.15) is 0 Å². The average molecular weight is 228 g/mol. The fraction of sp³-hybridized carbons (Fsp3) is 0.818. The molecule has 0 bridgehead atoms. The lowest BCUT2D eigenvalue weighted by Crippen LogP contribution is -2.38. The molecule has 16 heavy (non-hydrogen) atoms. The molecule has 0 saturated carbocycles. The normalized spacial score (nSPS) is 18.2. The first kappa shape index (κ1) is 13.1. The van der Waals surface area contributed by atoms with E-state index in [1.807, 2.05) is 0 Å². The number of likely N-dealkylation sites (tertiary alicyclic amines) is 1. The summed E-state index contributed by atoms with van der Waals surface area (Å²) in [4.78, 5) is 23.9. The number of amides is 2. The van der Waals surface area contributed by atoms with Gasteiger partial charge < -0.3 is 10.1 Å². The first-order valence-corrected chi connectivity index (χ1v) is 5.70. The summed E-state index contributed by atoms with van der Waals surface area (Å²) < 4.78 is 4.97. The Kier molecular flexibility index (Phi) is 5.42. The summed E-state index contributed by atoms with van der Waals surface area (Å²) in [6, 6.07) is 0.341. The highest BCUT2D eigenvalue weighted by Crippen LogP contribution is 2.10. The van der Waals surface area contributed by atoms with Crippen molar-refractivity contribution in [1.82, 2.24) is 10.2 Å². The average Bonchev–Trinajstić information content (AvgIpc) is 2.57. The smallest absolute Gasteiger partial charge is 0.229 e. The number of nitrogens with zero attached hydrogens (tertiary/aromatic N) is 1. The SMILES string of the molecule is COCCC(C)NCCN1C(=O)CCC1=O. The summed E-state index contributed by atoms with van der Waals surface area (Å²) in [5.41, 5.74) is 0. The molecule has 92 valence electrons. The topological polar surface area (TPSA) is 58.6 Å². The minimum absolute atomic E-state index is 0.0451. The van der Waals surface area contributed by atoms with Crippen LogP contribution in [0.1, 0.15) is 26.2 Å². The van der Waals surface area contributed by atoms with Crippen molar-refractivity contribution in [3.63, 3.8) is 0 Å². The van der Waals surface area contributed by atoms with Crippen LogP contribution < -0.4 is 5.32 Å². The monoisotopic (exact) mass is 228 g/mol. The van der Waals surface area contributed by atoms with Gasteiger partial charge in [-0.15, -0.1) is 0 Å². The van der Waals surface area contributed by atoms with E-state index in [0.717, 1.165) is 13.0 Å². The van der Waals surface area contributed by atoms with Crippen molar-refractivity contribution in [3.05, 3.63) is 0 Å². The third kappa shape index (κ3) is 3.90. The molecule has 0 aliphatic carbocycles. The number of imide groups is 1. The van der Waals surface area contributed by atoms with Crippen LogP contribution in [0.2, 0.25) is 0 Å². The molecular weight excluding hydrogens is 208 g/mol. The zero-order chi connectivity index (χ0) is 12.0. The van der Waals surface area contributed by atoms with Crippen LogP contribution in [0.3, 0.4) is 0 Å². The highest BCUT2D eigenvalue weighted by atomic mass is 16.5. The molecule has 0 aromatic rings. The van der Waals surface area contributed by atoms with Gasteiger partial charge in [0.05, 0.1) is 0 Å². The fourth-order valence-electron chi connectivity index (χ4n) is 1.69. The number of rotatable bonds is 7. The third-order valence-electron chi connectivity index (χ3n) is 2.74. The minimum Gasteiger partial charge on any atom is -0.385 e. The Bertz CT molecular complexity index is 240. The van der Waals surface area contributed by atoms with Gasteiger partial charge in [-0.25, -0.2) is 0 Å². The molecule has 1 heterocycles. The first-order chi connectivity index (χ1) is 7.65. The second kappa shape index (κ2) is 6.60. The maximum absolute atomic E-state index is 11.3. The quantitative estimate of drug-likeness (QED) is 0.630. The number of nitrogens with one attached hydrogen (secondary N) is 1. The van der Waals surface area contributed by atoms with Crippen molar-refractivity contribution in [3.8, 4) is 0 Å². The Morgan fingerprint density at radius 2 is 2.00 bits per heavy atom. The van der Waals surface area contributed by atoms with E-state index in [4.69, 9.17) is 4.74 Å². The number of ether oxygens (including phenoxy) is 1. The highest BCUT2D eigenvalue weighted by molar-refractivity contribution is 6.01. The second-order valence-corrected chi connectivity index (χ2v) is 4.08. The van der Waals surface area contributed by atoms with E-state index >= 15 is 0 Å². The highest BCUT2D eigenvalue weighted by Gasteiger charge is 2.27. The molecule has 5 nitrogen and oxygen atoms in total. The molecule has 1 saturated heterocycles. The van der Waals surface area contributed by atoms with Gasteiger partial charge in [0.15, 0.2) is 0 Å². The Balaban J connectivity index is 2.15. The summed E-state index contributed by atoms with van der Waals surface area (Å²) in [6.45, 7) is 3.92.